The first kappa shape index (κ1) is 7.76. The van der Waals surface area contributed by atoms with E-state index in [1.807, 2.05) is 13.0 Å². The summed E-state index contributed by atoms with van der Waals surface area (Å²) in [5.41, 5.74) is 5.58. The lowest BCUT2D eigenvalue weighted by molar-refractivity contribution is -0.0318. The van der Waals surface area contributed by atoms with Gasteiger partial charge in [-0.1, -0.05) is 6.08 Å². The van der Waals surface area contributed by atoms with E-state index in [4.69, 9.17) is 10.5 Å². The van der Waals surface area contributed by atoms with Crippen LogP contribution in [0, 0.1) is 0 Å². The summed E-state index contributed by atoms with van der Waals surface area (Å²) in [6.07, 6.45) is 4.40. The Bertz CT molecular complexity index is 118. The van der Waals surface area contributed by atoms with Crippen LogP contribution < -0.4 is 5.73 Å². The summed E-state index contributed by atoms with van der Waals surface area (Å²) in [6.45, 7) is 5.63. The highest BCUT2D eigenvalue weighted by atomic mass is 16.5. The molecule has 0 aromatic rings. The monoisotopic (exact) mass is 141 g/mol. The minimum Gasteiger partial charge on any atom is -0.371 e. The van der Waals surface area contributed by atoms with Gasteiger partial charge in [-0.2, -0.15) is 0 Å². The van der Waals surface area contributed by atoms with Crippen LogP contribution in [0.25, 0.3) is 0 Å². The molecule has 2 heteroatoms. The molecule has 1 aliphatic rings. The van der Waals surface area contributed by atoms with Gasteiger partial charge in [0.2, 0.25) is 0 Å². The molecule has 0 bridgehead atoms. The Labute approximate surface area is 62.1 Å². The second-order valence-corrected chi connectivity index (χ2v) is 2.93. The summed E-state index contributed by atoms with van der Waals surface area (Å²) in [4.78, 5) is 0. The van der Waals surface area contributed by atoms with E-state index in [1.165, 1.54) is 0 Å². The lowest BCUT2D eigenvalue weighted by Gasteiger charge is -2.33. The highest BCUT2D eigenvalue weighted by molar-refractivity contribution is 4.86. The van der Waals surface area contributed by atoms with Gasteiger partial charge in [0.1, 0.15) is 0 Å². The Morgan fingerprint density at radius 3 is 2.70 bits per heavy atom. The fourth-order valence-electron chi connectivity index (χ4n) is 1.08. The second kappa shape index (κ2) is 3.17. The second-order valence-electron chi connectivity index (χ2n) is 2.93. The molecule has 0 amide bonds. The maximum atomic E-state index is 5.58. The maximum absolute atomic E-state index is 5.58. The number of nitrogens with two attached hydrogens (primary N) is 1. The Morgan fingerprint density at radius 2 is 2.30 bits per heavy atom. The molecule has 0 saturated heterocycles. The lowest BCUT2D eigenvalue weighted by Crippen LogP contribution is -2.42. The van der Waals surface area contributed by atoms with Crippen molar-refractivity contribution in [2.75, 3.05) is 0 Å². The molecule has 0 aromatic carbocycles. The average Bonchev–Trinajstić information content (AvgIpc) is 1.84. The predicted molar refractivity (Wildman–Crippen MR) is 41.7 cm³/mol. The van der Waals surface area contributed by atoms with Gasteiger partial charge in [0, 0.05) is 6.04 Å². The first-order chi connectivity index (χ1) is 4.72. The van der Waals surface area contributed by atoms with Gasteiger partial charge in [-0.25, -0.2) is 0 Å². The molecule has 2 N–H and O–H groups in total. The van der Waals surface area contributed by atoms with Crippen molar-refractivity contribution in [3.63, 3.8) is 0 Å². The highest BCUT2D eigenvalue weighted by Crippen LogP contribution is 2.22. The minimum absolute atomic E-state index is 0.178. The predicted octanol–water partition coefficient (Wildman–Crippen LogP) is 1.07. The molecular formula is C8H15NO. The molecule has 0 heterocycles. The van der Waals surface area contributed by atoms with Crippen molar-refractivity contribution in [1.82, 2.24) is 0 Å². The summed E-state index contributed by atoms with van der Waals surface area (Å²) in [7, 11) is 0. The van der Waals surface area contributed by atoms with Gasteiger partial charge in [-0.3, -0.25) is 0 Å². The zero-order valence-corrected chi connectivity index (χ0v) is 6.42. The van der Waals surface area contributed by atoms with Crippen molar-refractivity contribution >= 4 is 0 Å². The van der Waals surface area contributed by atoms with Crippen LogP contribution in [0.1, 0.15) is 19.8 Å². The van der Waals surface area contributed by atoms with E-state index in [1.54, 1.807) is 0 Å². The molecule has 0 radical (unpaired) electrons. The molecule has 1 unspecified atom stereocenters. The van der Waals surface area contributed by atoms with Gasteiger partial charge in [-0.15, -0.1) is 6.58 Å². The van der Waals surface area contributed by atoms with Crippen LogP contribution in [0.4, 0.5) is 0 Å². The fraction of sp³-hybridized carbons (Fsp3) is 0.750. The number of hydrogen-bond donors (Lipinski definition) is 1. The van der Waals surface area contributed by atoms with Crippen molar-refractivity contribution in [2.45, 2.75) is 38.0 Å². The topological polar surface area (TPSA) is 35.2 Å². The van der Waals surface area contributed by atoms with Crippen molar-refractivity contribution in [1.29, 1.82) is 0 Å². The SMILES string of the molecule is C=CC(C)OC1CC(N)C1. The molecule has 1 fully saturated rings. The standard InChI is InChI=1S/C8H15NO/c1-3-6(2)10-8-4-7(9)5-8/h3,6-8H,1,4-5,9H2,2H3. The third-order valence-corrected chi connectivity index (χ3v) is 1.87. The molecule has 0 aliphatic heterocycles. The molecule has 1 saturated carbocycles. The van der Waals surface area contributed by atoms with Crippen molar-refractivity contribution in [3.8, 4) is 0 Å². The van der Waals surface area contributed by atoms with Crippen molar-refractivity contribution in [2.24, 2.45) is 5.73 Å². The summed E-state index contributed by atoms with van der Waals surface area (Å²) in [5.74, 6) is 0. The Hall–Kier alpha value is -0.340. The molecule has 0 aromatic heterocycles. The van der Waals surface area contributed by atoms with Gasteiger partial charge < -0.3 is 10.5 Å². The van der Waals surface area contributed by atoms with Crippen LogP contribution in [0.3, 0.4) is 0 Å². The van der Waals surface area contributed by atoms with E-state index >= 15 is 0 Å². The van der Waals surface area contributed by atoms with E-state index in [0.29, 0.717) is 12.1 Å². The van der Waals surface area contributed by atoms with Crippen molar-refractivity contribution in [3.05, 3.63) is 12.7 Å². The summed E-state index contributed by atoms with van der Waals surface area (Å²) >= 11 is 0. The molecule has 10 heavy (non-hydrogen) atoms. The van der Waals surface area contributed by atoms with Crippen LogP contribution in [0.5, 0.6) is 0 Å². The summed E-state index contributed by atoms with van der Waals surface area (Å²) < 4.78 is 5.51. The molecule has 58 valence electrons. The number of hydrogen-bond acceptors (Lipinski definition) is 2. The molecular weight excluding hydrogens is 126 g/mol. The van der Waals surface area contributed by atoms with E-state index < -0.39 is 0 Å². The van der Waals surface area contributed by atoms with Crippen LogP contribution in [0.15, 0.2) is 12.7 Å². The van der Waals surface area contributed by atoms with Gasteiger partial charge >= 0.3 is 0 Å². The Balaban J connectivity index is 2.10. The van der Waals surface area contributed by atoms with E-state index in [0.717, 1.165) is 12.8 Å². The lowest BCUT2D eigenvalue weighted by atomic mass is 9.90. The zero-order chi connectivity index (χ0) is 7.56. The van der Waals surface area contributed by atoms with Crippen LogP contribution in [-0.4, -0.2) is 18.2 Å². The normalized spacial score (nSPS) is 34.6. The Morgan fingerprint density at radius 1 is 1.70 bits per heavy atom. The maximum Gasteiger partial charge on any atom is 0.0728 e. The molecule has 0 spiro atoms. The van der Waals surface area contributed by atoms with Crippen LogP contribution >= 0.6 is 0 Å². The van der Waals surface area contributed by atoms with E-state index in [2.05, 4.69) is 6.58 Å². The minimum atomic E-state index is 0.178. The third kappa shape index (κ3) is 1.82. The zero-order valence-electron chi connectivity index (χ0n) is 6.42. The van der Waals surface area contributed by atoms with Gasteiger partial charge in [0.15, 0.2) is 0 Å². The number of ether oxygens (including phenoxy) is 1. The summed E-state index contributed by atoms with van der Waals surface area (Å²) in [5, 5.41) is 0. The van der Waals surface area contributed by atoms with E-state index in [9.17, 15) is 0 Å². The first-order valence-corrected chi connectivity index (χ1v) is 3.76. The van der Waals surface area contributed by atoms with Gasteiger partial charge in [-0.05, 0) is 19.8 Å². The van der Waals surface area contributed by atoms with E-state index in [-0.39, 0.29) is 6.10 Å². The van der Waals surface area contributed by atoms with Crippen LogP contribution in [0.2, 0.25) is 0 Å². The quantitative estimate of drug-likeness (QED) is 0.597. The molecule has 1 rings (SSSR count). The highest BCUT2D eigenvalue weighted by Gasteiger charge is 2.27. The number of rotatable bonds is 3. The first-order valence-electron chi connectivity index (χ1n) is 3.76. The average molecular weight is 141 g/mol. The van der Waals surface area contributed by atoms with Gasteiger partial charge in [0.05, 0.1) is 12.2 Å². The summed E-state index contributed by atoms with van der Waals surface area (Å²) in [6, 6.07) is 0.377. The van der Waals surface area contributed by atoms with Gasteiger partial charge in [0.25, 0.3) is 0 Å². The fourth-order valence-corrected chi connectivity index (χ4v) is 1.08. The smallest absolute Gasteiger partial charge is 0.0728 e. The molecule has 1 atom stereocenters. The largest absolute Gasteiger partial charge is 0.371 e. The Kier molecular flexibility index (Phi) is 2.46. The third-order valence-electron chi connectivity index (χ3n) is 1.87. The van der Waals surface area contributed by atoms with Crippen LogP contribution in [-0.2, 0) is 4.74 Å². The molecule has 1 aliphatic carbocycles. The molecule has 2 nitrogen and oxygen atoms in total. The van der Waals surface area contributed by atoms with Crippen molar-refractivity contribution < 1.29 is 4.74 Å².